The van der Waals surface area contributed by atoms with Crippen LogP contribution in [0.2, 0.25) is 19.6 Å². The molecule has 5 nitrogen and oxygen atoms in total. The lowest BCUT2D eigenvalue weighted by atomic mass is 10.3. The second-order valence-corrected chi connectivity index (χ2v) is 9.07. The van der Waals surface area contributed by atoms with Gasteiger partial charge in [0.15, 0.2) is 8.32 Å². The highest BCUT2D eigenvalue weighted by atomic mass is 28.4. The Labute approximate surface area is 102 Å². The summed E-state index contributed by atoms with van der Waals surface area (Å²) in [6.07, 6.45) is 0. The first kappa shape index (κ1) is 13.7. The zero-order valence-corrected chi connectivity index (χ0v) is 11.3. The lowest BCUT2D eigenvalue weighted by Crippen LogP contribution is -2.27. The number of ether oxygens (including phenoxy) is 1. The third-order valence-electron chi connectivity index (χ3n) is 1.93. The van der Waals surface area contributed by atoms with E-state index in [4.69, 9.17) is 9.16 Å². The first-order chi connectivity index (χ1) is 7.88. The highest BCUT2D eigenvalue weighted by molar-refractivity contribution is 6.69. The minimum atomic E-state index is -1.49. The monoisotopic (exact) mass is 255 g/mol. The van der Waals surface area contributed by atoms with Crippen LogP contribution in [0, 0.1) is 10.1 Å². The van der Waals surface area contributed by atoms with E-state index >= 15 is 0 Å². The lowest BCUT2D eigenvalue weighted by molar-refractivity contribution is -0.384. The minimum absolute atomic E-state index is 0.0655. The number of nitrogens with zero attached hydrogens (tertiary/aromatic N) is 1. The van der Waals surface area contributed by atoms with E-state index in [0.717, 1.165) is 0 Å². The summed E-state index contributed by atoms with van der Waals surface area (Å²) in [6, 6.07) is 6.03. The summed E-state index contributed by atoms with van der Waals surface area (Å²) < 4.78 is 11.0. The van der Waals surface area contributed by atoms with E-state index < -0.39 is 13.2 Å². The van der Waals surface area contributed by atoms with Crippen LogP contribution < -0.4 is 4.74 Å². The third kappa shape index (κ3) is 5.46. The lowest BCUT2D eigenvalue weighted by Gasteiger charge is -2.17. The second-order valence-electron chi connectivity index (χ2n) is 4.56. The van der Waals surface area contributed by atoms with Crippen LogP contribution in [0.15, 0.2) is 24.3 Å². The average Bonchev–Trinajstić information content (AvgIpc) is 2.24. The molecule has 6 heteroatoms. The molecular formula is C11H17NO4Si. The maximum atomic E-state index is 10.4. The van der Waals surface area contributed by atoms with Crippen molar-refractivity contribution in [2.45, 2.75) is 19.6 Å². The van der Waals surface area contributed by atoms with Gasteiger partial charge in [-0.2, -0.15) is 0 Å². The molecule has 1 rings (SSSR count). The van der Waals surface area contributed by atoms with Crippen molar-refractivity contribution in [2.75, 3.05) is 13.2 Å². The summed E-state index contributed by atoms with van der Waals surface area (Å²) in [7, 11) is -1.49. The summed E-state index contributed by atoms with van der Waals surface area (Å²) in [5, 5.41) is 10.4. The third-order valence-corrected chi connectivity index (χ3v) is 3.00. The van der Waals surface area contributed by atoms with E-state index in [2.05, 4.69) is 19.6 Å². The fraction of sp³-hybridized carbons (Fsp3) is 0.455. The molecule has 0 spiro atoms. The molecule has 0 radical (unpaired) electrons. The Kier molecular flexibility index (Phi) is 4.65. The van der Waals surface area contributed by atoms with Gasteiger partial charge in [-0.05, 0) is 31.8 Å². The van der Waals surface area contributed by atoms with Crippen LogP contribution in [0.3, 0.4) is 0 Å². The summed E-state index contributed by atoms with van der Waals surface area (Å²) >= 11 is 0. The Morgan fingerprint density at radius 1 is 1.18 bits per heavy atom. The van der Waals surface area contributed by atoms with Crippen molar-refractivity contribution in [1.29, 1.82) is 0 Å². The standard InChI is InChI=1S/C11H17NO4Si/c1-17(2,3)16-9-8-15-11-6-4-10(5-7-11)12(13)14/h4-7H,8-9H2,1-3H3. The molecule has 0 atom stereocenters. The van der Waals surface area contributed by atoms with Gasteiger partial charge < -0.3 is 9.16 Å². The van der Waals surface area contributed by atoms with Crippen molar-refractivity contribution in [3.05, 3.63) is 34.4 Å². The van der Waals surface area contributed by atoms with Crippen LogP contribution in [0.25, 0.3) is 0 Å². The van der Waals surface area contributed by atoms with Crippen molar-refractivity contribution in [1.82, 2.24) is 0 Å². The van der Waals surface area contributed by atoms with E-state index in [1.807, 2.05) is 0 Å². The molecule has 1 aromatic rings. The highest BCUT2D eigenvalue weighted by Gasteiger charge is 2.13. The van der Waals surface area contributed by atoms with Gasteiger partial charge in [-0.3, -0.25) is 10.1 Å². The minimum Gasteiger partial charge on any atom is -0.491 e. The predicted molar refractivity (Wildman–Crippen MR) is 67.9 cm³/mol. The number of benzene rings is 1. The summed E-state index contributed by atoms with van der Waals surface area (Å²) in [5.41, 5.74) is 0.0655. The molecular weight excluding hydrogens is 238 g/mol. The molecule has 0 aliphatic carbocycles. The fourth-order valence-corrected chi connectivity index (χ4v) is 1.87. The molecule has 0 aromatic heterocycles. The Morgan fingerprint density at radius 3 is 2.24 bits per heavy atom. The van der Waals surface area contributed by atoms with Gasteiger partial charge in [0.1, 0.15) is 12.4 Å². The Morgan fingerprint density at radius 2 is 1.76 bits per heavy atom. The molecule has 0 aliphatic heterocycles. The smallest absolute Gasteiger partial charge is 0.269 e. The Bertz CT molecular complexity index is 372. The second kappa shape index (κ2) is 5.79. The first-order valence-corrected chi connectivity index (χ1v) is 8.80. The predicted octanol–water partition coefficient (Wildman–Crippen LogP) is 2.83. The Balaban J connectivity index is 2.35. The van der Waals surface area contributed by atoms with Crippen molar-refractivity contribution in [3.63, 3.8) is 0 Å². The maximum absolute atomic E-state index is 10.4. The van der Waals surface area contributed by atoms with Crippen LogP contribution in [-0.2, 0) is 4.43 Å². The van der Waals surface area contributed by atoms with Gasteiger partial charge in [0, 0.05) is 12.1 Å². The van der Waals surface area contributed by atoms with Crippen molar-refractivity contribution in [3.8, 4) is 5.75 Å². The first-order valence-electron chi connectivity index (χ1n) is 5.40. The SMILES string of the molecule is C[Si](C)(C)OCCOc1ccc([N+](=O)[O-])cc1. The van der Waals surface area contributed by atoms with Crippen LogP contribution in [0.1, 0.15) is 0 Å². The van der Waals surface area contributed by atoms with Gasteiger partial charge in [-0.15, -0.1) is 0 Å². The van der Waals surface area contributed by atoms with Gasteiger partial charge in [0.05, 0.1) is 11.5 Å². The van der Waals surface area contributed by atoms with Gasteiger partial charge >= 0.3 is 0 Å². The van der Waals surface area contributed by atoms with E-state index in [1.54, 1.807) is 12.1 Å². The molecule has 0 bridgehead atoms. The van der Waals surface area contributed by atoms with E-state index in [0.29, 0.717) is 19.0 Å². The van der Waals surface area contributed by atoms with E-state index in [9.17, 15) is 10.1 Å². The average molecular weight is 255 g/mol. The van der Waals surface area contributed by atoms with Gasteiger partial charge in [0.25, 0.3) is 5.69 Å². The molecule has 0 unspecified atom stereocenters. The molecule has 17 heavy (non-hydrogen) atoms. The number of rotatable bonds is 6. The van der Waals surface area contributed by atoms with Gasteiger partial charge in [-0.25, -0.2) is 0 Å². The number of nitro groups is 1. The largest absolute Gasteiger partial charge is 0.491 e. The number of hydrogen-bond acceptors (Lipinski definition) is 4. The zero-order valence-electron chi connectivity index (χ0n) is 10.3. The molecule has 0 N–H and O–H groups in total. The quantitative estimate of drug-likeness (QED) is 0.339. The summed E-state index contributed by atoms with van der Waals surface area (Å²) in [6.45, 7) is 7.34. The van der Waals surface area contributed by atoms with Gasteiger partial charge in [0.2, 0.25) is 0 Å². The molecule has 0 amide bonds. The molecule has 0 saturated carbocycles. The van der Waals surface area contributed by atoms with Crippen LogP contribution >= 0.6 is 0 Å². The van der Waals surface area contributed by atoms with Crippen molar-refractivity contribution >= 4 is 14.0 Å². The normalized spacial score (nSPS) is 11.2. The molecule has 0 heterocycles. The Hall–Kier alpha value is -1.40. The summed E-state index contributed by atoms with van der Waals surface area (Å²) in [4.78, 5) is 10.00. The van der Waals surface area contributed by atoms with Crippen molar-refractivity contribution < 1.29 is 14.1 Å². The molecule has 0 aliphatic rings. The molecule has 0 fully saturated rings. The van der Waals surface area contributed by atoms with E-state index in [-0.39, 0.29) is 5.69 Å². The maximum Gasteiger partial charge on any atom is 0.269 e. The highest BCUT2D eigenvalue weighted by Crippen LogP contribution is 2.17. The van der Waals surface area contributed by atoms with Crippen LogP contribution in [0.5, 0.6) is 5.75 Å². The zero-order chi connectivity index (χ0) is 12.9. The number of nitro benzene ring substituents is 1. The fourth-order valence-electron chi connectivity index (χ4n) is 1.17. The topological polar surface area (TPSA) is 61.6 Å². The number of non-ortho nitro benzene ring substituents is 1. The van der Waals surface area contributed by atoms with E-state index in [1.165, 1.54) is 12.1 Å². The van der Waals surface area contributed by atoms with Gasteiger partial charge in [-0.1, -0.05) is 0 Å². The molecule has 94 valence electrons. The molecule has 0 saturated heterocycles. The van der Waals surface area contributed by atoms with Crippen LogP contribution in [0.4, 0.5) is 5.69 Å². The molecule has 1 aromatic carbocycles. The van der Waals surface area contributed by atoms with Crippen molar-refractivity contribution in [2.24, 2.45) is 0 Å². The van der Waals surface area contributed by atoms with Crippen LogP contribution in [-0.4, -0.2) is 26.5 Å². The summed E-state index contributed by atoms with van der Waals surface area (Å²) in [5.74, 6) is 0.620. The number of hydrogen-bond donors (Lipinski definition) is 0.